The number of halogens is 1. The van der Waals surface area contributed by atoms with Gasteiger partial charge in [0.1, 0.15) is 5.69 Å². The minimum absolute atomic E-state index is 0.345. The SMILES string of the molecule is Nc1cc(-c2ccc(C3CCSC3)c(Br)c2)no1. The van der Waals surface area contributed by atoms with Gasteiger partial charge < -0.3 is 10.3 Å². The Kier molecular flexibility index (Phi) is 3.35. The maximum Gasteiger partial charge on any atom is 0.222 e. The quantitative estimate of drug-likeness (QED) is 0.910. The van der Waals surface area contributed by atoms with E-state index in [9.17, 15) is 0 Å². The molecule has 0 saturated carbocycles. The number of hydrogen-bond acceptors (Lipinski definition) is 4. The zero-order valence-corrected chi connectivity index (χ0v) is 12.1. The fourth-order valence-corrected chi connectivity index (χ4v) is 4.17. The Balaban J connectivity index is 1.93. The predicted octanol–water partition coefficient (Wildman–Crippen LogP) is 3.91. The molecule has 1 aromatic carbocycles. The van der Waals surface area contributed by atoms with Crippen LogP contribution in [0.25, 0.3) is 11.3 Å². The molecule has 1 aliphatic rings. The van der Waals surface area contributed by atoms with Gasteiger partial charge in [0.05, 0.1) is 0 Å². The average Bonchev–Trinajstić information content (AvgIpc) is 2.99. The van der Waals surface area contributed by atoms with Gasteiger partial charge in [-0.2, -0.15) is 11.8 Å². The molecule has 3 nitrogen and oxygen atoms in total. The zero-order chi connectivity index (χ0) is 12.5. The minimum atomic E-state index is 0.345. The first kappa shape index (κ1) is 12.1. The van der Waals surface area contributed by atoms with E-state index in [1.165, 1.54) is 23.5 Å². The van der Waals surface area contributed by atoms with Crippen LogP contribution in [0.2, 0.25) is 0 Å². The number of hydrogen-bond donors (Lipinski definition) is 1. The largest absolute Gasteiger partial charge is 0.368 e. The van der Waals surface area contributed by atoms with E-state index in [1.807, 2.05) is 11.8 Å². The molecule has 1 fully saturated rings. The van der Waals surface area contributed by atoms with Crippen molar-refractivity contribution < 1.29 is 4.52 Å². The standard InChI is InChI=1S/C13H13BrN2OS/c14-11-5-8(12-6-13(15)17-16-12)1-2-10(11)9-3-4-18-7-9/h1-2,5-6,9H,3-4,7,15H2. The Morgan fingerprint density at radius 1 is 1.39 bits per heavy atom. The molecular formula is C13H13BrN2OS. The zero-order valence-electron chi connectivity index (χ0n) is 9.73. The summed E-state index contributed by atoms with van der Waals surface area (Å²) < 4.78 is 6.05. The monoisotopic (exact) mass is 324 g/mol. The Labute approximate surface area is 118 Å². The van der Waals surface area contributed by atoms with Gasteiger partial charge in [0.2, 0.25) is 5.88 Å². The lowest BCUT2D eigenvalue weighted by Crippen LogP contribution is -1.97. The maximum atomic E-state index is 5.54. The molecule has 1 atom stereocenters. The Hall–Kier alpha value is -0.940. The summed E-state index contributed by atoms with van der Waals surface area (Å²) in [5.74, 6) is 3.49. The van der Waals surface area contributed by atoms with Crippen molar-refractivity contribution in [3.05, 3.63) is 34.3 Å². The van der Waals surface area contributed by atoms with Gasteiger partial charge in [0, 0.05) is 21.9 Å². The molecule has 18 heavy (non-hydrogen) atoms. The van der Waals surface area contributed by atoms with Crippen molar-refractivity contribution in [2.24, 2.45) is 0 Å². The van der Waals surface area contributed by atoms with Gasteiger partial charge in [0.15, 0.2) is 0 Å². The van der Waals surface area contributed by atoms with Crippen molar-refractivity contribution >= 4 is 33.6 Å². The third-order valence-electron chi connectivity index (χ3n) is 3.19. The summed E-state index contributed by atoms with van der Waals surface area (Å²) in [5.41, 5.74) is 8.73. The molecule has 0 radical (unpaired) electrons. The third-order valence-corrected chi connectivity index (χ3v) is 5.04. The van der Waals surface area contributed by atoms with Crippen LogP contribution >= 0.6 is 27.7 Å². The summed E-state index contributed by atoms with van der Waals surface area (Å²) in [6, 6.07) is 8.10. The number of aromatic nitrogens is 1. The number of thioether (sulfide) groups is 1. The Morgan fingerprint density at radius 3 is 2.89 bits per heavy atom. The minimum Gasteiger partial charge on any atom is -0.368 e. The lowest BCUT2D eigenvalue weighted by Gasteiger charge is -2.11. The Morgan fingerprint density at radius 2 is 2.28 bits per heavy atom. The molecule has 2 N–H and O–H groups in total. The van der Waals surface area contributed by atoms with E-state index in [2.05, 4.69) is 39.3 Å². The van der Waals surface area contributed by atoms with Crippen molar-refractivity contribution in [3.8, 4) is 11.3 Å². The molecular weight excluding hydrogens is 312 g/mol. The summed E-state index contributed by atoms with van der Waals surface area (Å²) in [6.07, 6.45) is 1.26. The normalized spacial score (nSPS) is 19.3. The average molecular weight is 325 g/mol. The van der Waals surface area contributed by atoms with Crippen molar-refractivity contribution in [1.29, 1.82) is 0 Å². The van der Waals surface area contributed by atoms with Crippen LogP contribution in [-0.4, -0.2) is 16.7 Å². The Bertz CT molecular complexity index is 564. The predicted molar refractivity (Wildman–Crippen MR) is 78.7 cm³/mol. The van der Waals surface area contributed by atoms with Gasteiger partial charge in [-0.1, -0.05) is 33.2 Å². The first-order valence-corrected chi connectivity index (χ1v) is 7.78. The van der Waals surface area contributed by atoms with E-state index in [-0.39, 0.29) is 0 Å². The molecule has 1 unspecified atom stereocenters. The van der Waals surface area contributed by atoms with E-state index < -0.39 is 0 Å². The van der Waals surface area contributed by atoms with Gasteiger partial charge in [-0.25, -0.2) is 0 Å². The summed E-state index contributed by atoms with van der Waals surface area (Å²) >= 11 is 5.69. The highest BCUT2D eigenvalue weighted by molar-refractivity contribution is 9.10. The summed E-state index contributed by atoms with van der Waals surface area (Å²) in [7, 11) is 0. The van der Waals surface area contributed by atoms with Crippen LogP contribution in [0.1, 0.15) is 17.9 Å². The van der Waals surface area contributed by atoms with Crippen molar-refractivity contribution in [3.63, 3.8) is 0 Å². The van der Waals surface area contributed by atoms with Gasteiger partial charge in [0.25, 0.3) is 0 Å². The van der Waals surface area contributed by atoms with Crippen molar-refractivity contribution in [2.45, 2.75) is 12.3 Å². The van der Waals surface area contributed by atoms with E-state index in [0.29, 0.717) is 11.8 Å². The fourth-order valence-electron chi connectivity index (χ4n) is 2.22. The summed E-state index contributed by atoms with van der Waals surface area (Å²) in [5, 5.41) is 3.93. The molecule has 1 aromatic heterocycles. The molecule has 2 aromatic rings. The maximum absolute atomic E-state index is 5.54. The number of nitrogens with two attached hydrogens (primary N) is 1. The molecule has 2 heterocycles. The van der Waals surface area contributed by atoms with Gasteiger partial charge >= 0.3 is 0 Å². The molecule has 0 aliphatic carbocycles. The molecule has 1 aliphatic heterocycles. The van der Waals surface area contributed by atoms with Gasteiger partial charge in [-0.15, -0.1) is 0 Å². The fraction of sp³-hybridized carbons (Fsp3) is 0.308. The van der Waals surface area contributed by atoms with Gasteiger partial charge in [-0.05, 0) is 29.7 Å². The summed E-state index contributed by atoms with van der Waals surface area (Å²) in [6.45, 7) is 0. The highest BCUT2D eigenvalue weighted by atomic mass is 79.9. The van der Waals surface area contributed by atoms with Crippen LogP contribution in [0.3, 0.4) is 0 Å². The van der Waals surface area contributed by atoms with E-state index in [0.717, 1.165) is 15.7 Å². The number of rotatable bonds is 2. The summed E-state index contributed by atoms with van der Waals surface area (Å²) in [4.78, 5) is 0. The smallest absolute Gasteiger partial charge is 0.222 e. The second-order valence-corrected chi connectivity index (χ2v) is 6.42. The highest BCUT2D eigenvalue weighted by Crippen LogP contribution is 2.37. The topological polar surface area (TPSA) is 52.0 Å². The molecule has 5 heteroatoms. The molecule has 94 valence electrons. The number of nitrogens with zero attached hydrogens (tertiary/aromatic N) is 1. The lowest BCUT2D eigenvalue weighted by atomic mass is 9.97. The number of nitrogen functional groups attached to an aromatic ring is 1. The second kappa shape index (κ2) is 4.97. The molecule has 0 amide bonds. The third kappa shape index (κ3) is 2.29. The van der Waals surface area contributed by atoms with Crippen molar-refractivity contribution in [2.75, 3.05) is 17.2 Å². The van der Waals surface area contributed by atoms with Gasteiger partial charge in [-0.3, -0.25) is 0 Å². The van der Waals surface area contributed by atoms with Crippen molar-refractivity contribution in [1.82, 2.24) is 5.16 Å². The first-order valence-electron chi connectivity index (χ1n) is 5.84. The van der Waals surface area contributed by atoms with E-state index in [1.54, 1.807) is 6.07 Å². The number of benzene rings is 1. The number of anilines is 1. The second-order valence-electron chi connectivity index (χ2n) is 4.41. The van der Waals surface area contributed by atoms with Crippen LogP contribution < -0.4 is 5.73 Å². The first-order chi connectivity index (χ1) is 8.74. The van der Waals surface area contributed by atoms with E-state index in [4.69, 9.17) is 10.3 Å². The van der Waals surface area contributed by atoms with Crippen LogP contribution in [0.15, 0.2) is 33.3 Å². The molecule has 1 saturated heterocycles. The van der Waals surface area contributed by atoms with Crippen LogP contribution in [0.4, 0.5) is 5.88 Å². The lowest BCUT2D eigenvalue weighted by molar-refractivity contribution is 0.439. The highest BCUT2D eigenvalue weighted by Gasteiger charge is 2.20. The van der Waals surface area contributed by atoms with Crippen LogP contribution in [-0.2, 0) is 0 Å². The molecule has 3 rings (SSSR count). The molecule has 0 bridgehead atoms. The van der Waals surface area contributed by atoms with E-state index >= 15 is 0 Å². The molecule has 0 spiro atoms. The van der Waals surface area contributed by atoms with Crippen LogP contribution in [0, 0.1) is 0 Å². The van der Waals surface area contributed by atoms with Crippen LogP contribution in [0.5, 0.6) is 0 Å².